The molecule has 0 aromatic heterocycles. The fourth-order valence-electron chi connectivity index (χ4n) is 3.45. The van der Waals surface area contributed by atoms with E-state index in [0.29, 0.717) is 55.6 Å². The molecule has 0 spiro atoms. The third-order valence-electron chi connectivity index (χ3n) is 5.10. The minimum Gasteiger partial charge on any atom is -0.493 e. The fraction of sp³-hybridized carbons (Fsp3) is 0.520. The van der Waals surface area contributed by atoms with E-state index in [1.54, 1.807) is 13.0 Å². The first-order valence-corrected chi connectivity index (χ1v) is 13.7. The predicted molar refractivity (Wildman–Crippen MR) is 141 cm³/mol. The number of rotatable bonds is 14. The zero-order valence-electron chi connectivity index (χ0n) is 21.9. The highest BCUT2D eigenvalue weighted by Gasteiger charge is 2.30. The molecule has 1 aromatic carbocycles. The van der Waals surface area contributed by atoms with Crippen molar-refractivity contribution in [3.05, 3.63) is 47.4 Å². The molecule has 0 unspecified atom stereocenters. The van der Waals surface area contributed by atoms with E-state index in [4.69, 9.17) is 15.2 Å². The molecule has 4 N–H and O–H groups in total. The molecule has 0 aliphatic carbocycles. The predicted octanol–water partition coefficient (Wildman–Crippen LogP) is 3.02. The van der Waals surface area contributed by atoms with Gasteiger partial charge in [0.25, 0.3) is 5.91 Å². The second-order valence-electron chi connectivity index (χ2n) is 8.87. The highest BCUT2D eigenvalue weighted by molar-refractivity contribution is 7.89. The monoisotopic (exact) mass is 521 g/mol. The molecule has 1 amide bonds. The van der Waals surface area contributed by atoms with Crippen LogP contribution < -0.4 is 20.5 Å². The van der Waals surface area contributed by atoms with Crippen LogP contribution >= 0.6 is 0 Å². The lowest BCUT2D eigenvalue weighted by Gasteiger charge is -2.30. The van der Waals surface area contributed by atoms with Crippen molar-refractivity contribution < 1.29 is 22.7 Å². The third-order valence-corrected chi connectivity index (χ3v) is 6.55. The van der Waals surface area contributed by atoms with Crippen LogP contribution in [0.25, 0.3) is 0 Å². The van der Waals surface area contributed by atoms with E-state index in [2.05, 4.69) is 35.6 Å². The van der Waals surface area contributed by atoms with Crippen LogP contribution in [0, 0.1) is 5.92 Å². The number of amidine groups is 1. The van der Waals surface area contributed by atoms with Gasteiger partial charge >= 0.3 is 0 Å². The number of nitrogens with two attached hydrogens (primary N) is 1. The minimum absolute atomic E-state index is 0.0243. The maximum atomic E-state index is 13.0. The lowest BCUT2D eigenvalue weighted by molar-refractivity contribution is -0.118. The van der Waals surface area contributed by atoms with Gasteiger partial charge in [0.1, 0.15) is 11.4 Å². The topological polar surface area (TPSA) is 135 Å². The van der Waals surface area contributed by atoms with Crippen molar-refractivity contribution in [2.24, 2.45) is 16.8 Å². The van der Waals surface area contributed by atoms with Crippen molar-refractivity contribution in [1.82, 2.24) is 15.0 Å². The molecule has 0 saturated carbocycles. The first-order chi connectivity index (χ1) is 17.0. The number of hydrogen-bond acceptors (Lipinski definition) is 8. The Morgan fingerprint density at radius 2 is 2.03 bits per heavy atom. The number of hydrogen-bond donors (Lipinski definition) is 3. The average molecular weight is 522 g/mol. The van der Waals surface area contributed by atoms with E-state index in [1.165, 1.54) is 17.1 Å². The summed E-state index contributed by atoms with van der Waals surface area (Å²) >= 11 is 0. The van der Waals surface area contributed by atoms with Crippen LogP contribution in [-0.4, -0.2) is 51.5 Å². The minimum atomic E-state index is -3.82. The SMILES string of the molecule is C=C(CCC)N1N=C(c2cc(S(=O)(=O)NCCCOCC(C)C)ccc2OCC)NC(=O)/C1=C(\C)N. The molecule has 36 heavy (non-hydrogen) atoms. The third kappa shape index (κ3) is 7.81. The number of allylic oxidation sites excluding steroid dienone is 2. The van der Waals surface area contributed by atoms with Crippen molar-refractivity contribution in [3.8, 4) is 5.75 Å². The Kier molecular flexibility index (Phi) is 10.9. The van der Waals surface area contributed by atoms with E-state index in [1.807, 2.05) is 13.8 Å². The number of carbonyl (C=O) groups is 1. The van der Waals surface area contributed by atoms with Crippen LogP contribution in [0.15, 0.2) is 51.9 Å². The largest absolute Gasteiger partial charge is 0.493 e. The molecule has 1 aliphatic heterocycles. The Balaban J connectivity index is 2.39. The number of sulfonamides is 1. The quantitative estimate of drug-likeness (QED) is 0.253. The number of benzene rings is 1. The second-order valence-corrected chi connectivity index (χ2v) is 10.6. The molecule has 0 fully saturated rings. The van der Waals surface area contributed by atoms with Crippen molar-refractivity contribution in [1.29, 1.82) is 0 Å². The average Bonchev–Trinajstić information content (AvgIpc) is 2.80. The Labute approximate surface area is 214 Å². The lowest BCUT2D eigenvalue weighted by atomic mass is 10.1. The summed E-state index contributed by atoms with van der Waals surface area (Å²) in [6.45, 7) is 15.2. The molecule has 0 radical (unpaired) electrons. The Morgan fingerprint density at radius 3 is 2.64 bits per heavy atom. The second kappa shape index (κ2) is 13.4. The smallest absolute Gasteiger partial charge is 0.277 e. The summed E-state index contributed by atoms with van der Waals surface area (Å²) < 4.78 is 39.8. The lowest BCUT2D eigenvalue weighted by Crippen LogP contribution is -2.44. The van der Waals surface area contributed by atoms with Crippen LogP contribution in [0.2, 0.25) is 0 Å². The van der Waals surface area contributed by atoms with Gasteiger partial charge in [0.2, 0.25) is 10.0 Å². The number of carbonyl (C=O) groups excluding carboxylic acids is 1. The number of nitrogens with one attached hydrogen (secondary N) is 2. The van der Waals surface area contributed by atoms with Gasteiger partial charge in [0.15, 0.2) is 5.84 Å². The Hall–Kier alpha value is -2.89. The van der Waals surface area contributed by atoms with E-state index in [9.17, 15) is 13.2 Å². The van der Waals surface area contributed by atoms with E-state index < -0.39 is 15.9 Å². The van der Waals surface area contributed by atoms with Crippen molar-refractivity contribution in [2.75, 3.05) is 26.4 Å². The van der Waals surface area contributed by atoms with E-state index in [0.717, 1.165) is 6.42 Å². The normalized spacial score (nSPS) is 15.6. The molecule has 0 bridgehead atoms. The summed E-state index contributed by atoms with van der Waals surface area (Å²) in [5, 5.41) is 8.71. The summed E-state index contributed by atoms with van der Waals surface area (Å²) in [6, 6.07) is 4.45. The molecule has 1 heterocycles. The molecule has 10 nitrogen and oxygen atoms in total. The van der Waals surface area contributed by atoms with Gasteiger partial charge in [-0.05, 0) is 50.8 Å². The Bertz CT molecular complexity index is 1110. The molecule has 200 valence electrons. The zero-order chi connectivity index (χ0) is 26.9. The van der Waals surface area contributed by atoms with Crippen molar-refractivity contribution >= 4 is 21.8 Å². The van der Waals surface area contributed by atoms with Gasteiger partial charge in [0, 0.05) is 31.2 Å². The molecule has 1 aliphatic rings. The summed E-state index contributed by atoms with van der Waals surface area (Å²) in [4.78, 5) is 13.0. The zero-order valence-corrected chi connectivity index (χ0v) is 22.7. The number of nitrogens with zero attached hydrogens (tertiary/aromatic N) is 2. The first kappa shape index (κ1) is 29.3. The molecular weight excluding hydrogens is 482 g/mol. The number of hydrazone groups is 1. The molecule has 2 rings (SSSR count). The van der Waals surface area contributed by atoms with Crippen LogP contribution in [0.4, 0.5) is 0 Å². The maximum Gasteiger partial charge on any atom is 0.277 e. The highest BCUT2D eigenvalue weighted by atomic mass is 32.2. The van der Waals surface area contributed by atoms with Gasteiger partial charge in [0.05, 0.1) is 17.1 Å². The van der Waals surface area contributed by atoms with Crippen LogP contribution in [0.5, 0.6) is 5.75 Å². The van der Waals surface area contributed by atoms with Crippen LogP contribution in [0.1, 0.15) is 59.4 Å². The van der Waals surface area contributed by atoms with Gasteiger partial charge in [-0.3, -0.25) is 4.79 Å². The standard InChI is InChI=1S/C25H39N5O5S/c1-7-10-18(5)30-23(19(6)26)25(31)28-24(29-30)21-15-20(11-12-22(21)35-8-2)36(32,33)27-13-9-14-34-16-17(3)4/h11-12,15,17,27H,5,7-10,13-14,16,26H2,1-4,6H3,(H,28,29,31)/b23-19-. The van der Waals surface area contributed by atoms with Crippen LogP contribution in [-0.2, 0) is 19.6 Å². The molecule has 11 heteroatoms. The molecular formula is C25H39N5O5S. The summed E-state index contributed by atoms with van der Waals surface area (Å²) in [6.07, 6.45) is 1.93. The van der Waals surface area contributed by atoms with Gasteiger partial charge < -0.3 is 20.5 Å². The van der Waals surface area contributed by atoms with Gasteiger partial charge in [-0.15, -0.1) is 5.10 Å². The van der Waals surface area contributed by atoms with Gasteiger partial charge in [-0.2, -0.15) is 0 Å². The summed E-state index contributed by atoms with van der Waals surface area (Å²) in [5.41, 5.74) is 7.35. The maximum absolute atomic E-state index is 13.0. The van der Waals surface area contributed by atoms with Crippen LogP contribution in [0.3, 0.4) is 0 Å². The van der Waals surface area contributed by atoms with E-state index >= 15 is 0 Å². The Morgan fingerprint density at radius 1 is 1.31 bits per heavy atom. The van der Waals surface area contributed by atoms with Gasteiger partial charge in [-0.25, -0.2) is 18.1 Å². The summed E-state index contributed by atoms with van der Waals surface area (Å²) in [7, 11) is -3.82. The molecule has 0 saturated heterocycles. The van der Waals surface area contributed by atoms with Crippen molar-refractivity contribution in [2.45, 2.75) is 58.8 Å². The molecule has 0 atom stereocenters. The first-order valence-electron chi connectivity index (χ1n) is 12.2. The fourth-order valence-corrected chi connectivity index (χ4v) is 4.55. The van der Waals surface area contributed by atoms with Crippen molar-refractivity contribution in [3.63, 3.8) is 0 Å². The van der Waals surface area contributed by atoms with E-state index in [-0.39, 0.29) is 28.7 Å². The number of amides is 1. The number of ether oxygens (including phenoxy) is 2. The van der Waals surface area contributed by atoms with Gasteiger partial charge in [-0.1, -0.05) is 33.8 Å². The summed E-state index contributed by atoms with van der Waals surface area (Å²) in [5.74, 6) is 0.482. The highest BCUT2D eigenvalue weighted by Crippen LogP contribution is 2.28. The molecule has 1 aromatic rings.